The Kier molecular flexibility index (Phi) is 8.10. The van der Waals surface area contributed by atoms with Gasteiger partial charge in [-0.05, 0) is 5.92 Å². The van der Waals surface area contributed by atoms with Gasteiger partial charge in [-0.1, -0.05) is 65.7 Å². The van der Waals surface area contributed by atoms with Gasteiger partial charge in [-0.2, -0.15) is 0 Å². The third kappa shape index (κ3) is 7.90. The van der Waals surface area contributed by atoms with E-state index in [1.807, 2.05) is 13.8 Å². The molecular formula is C11H24. The zero-order valence-electron chi connectivity index (χ0n) is 8.53. The Balaban J connectivity index is 0.000000152. The Labute approximate surface area is 72.4 Å². The van der Waals surface area contributed by atoms with Crippen LogP contribution in [0.3, 0.4) is 0 Å². The van der Waals surface area contributed by atoms with E-state index in [2.05, 4.69) is 6.92 Å². The van der Waals surface area contributed by atoms with E-state index in [0.717, 1.165) is 5.92 Å². The summed E-state index contributed by atoms with van der Waals surface area (Å²) in [4.78, 5) is 0. The van der Waals surface area contributed by atoms with E-state index in [4.69, 9.17) is 0 Å². The standard InChI is InChI=1S/C5H10.C4H8.C2H6/c1-2-5-3-4-5;1-2-4-3-1;1-2/h5H,2-4H2,1H3;1-4H2;1-2H3. The van der Waals surface area contributed by atoms with Crippen molar-refractivity contribution >= 4 is 0 Å². The summed E-state index contributed by atoms with van der Waals surface area (Å²) in [7, 11) is 0. The average Bonchev–Trinajstić information content (AvgIpc) is 2.70. The van der Waals surface area contributed by atoms with Crippen molar-refractivity contribution in [2.45, 2.75) is 65.7 Å². The Hall–Kier alpha value is 0. The quantitative estimate of drug-likeness (QED) is 0.528. The monoisotopic (exact) mass is 156 g/mol. The molecule has 2 aliphatic carbocycles. The lowest BCUT2D eigenvalue weighted by atomic mass is 10.0. The normalized spacial score (nSPS) is 19.9. The van der Waals surface area contributed by atoms with Crippen LogP contribution in [0.15, 0.2) is 0 Å². The molecule has 0 heterocycles. The highest BCUT2D eigenvalue weighted by Crippen LogP contribution is 2.31. The fourth-order valence-electron chi connectivity index (χ4n) is 0.776. The van der Waals surface area contributed by atoms with E-state index in [1.54, 1.807) is 0 Å². The molecule has 2 saturated carbocycles. The molecule has 11 heavy (non-hydrogen) atoms. The second-order valence-electron chi connectivity index (χ2n) is 3.27. The third-order valence-corrected chi connectivity index (χ3v) is 2.27. The molecule has 0 atom stereocenters. The van der Waals surface area contributed by atoms with Crippen LogP contribution in [-0.4, -0.2) is 0 Å². The number of hydrogen-bond acceptors (Lipinski definition) is 0. The fraction of sp³-hybridized carbons (Fsp3) is 1.00. The second-order valence-corrected chi connectivity index (χ2v) is 3.27. The zero-order chi connectivity index (χ0) is 8.53. The maximum absolute atomic E-state index is 2.26. The number of rotatable bonds is 1. The van der Waals surface area contributed by atoms with Crippen molar-refractivity contribution in [3.8, 4) is 0 Å². The van der Waals surface area contributed by atoms with Crippen LogP contribution in [0.4, 0.5) is 0 Å². The van der Waals surface area contributed by atoms with Crippen molar-refractivity contribution in [3.05, 3.63) is 0 Å². The molecule has 0 spiro atoms. The molecule has 0 unspecified atom stereocenters. The van der Waals surface area contributed by atoms with Crippen LogP contribution in [0, 0.1) is 5.92 Å². The second kappa shape index (κ2) is 8.10. The molecule has 0 amide bonds. The maximum atomic E-state index is 2.26. The Morgan fingerprint density at radius 3 is 1.27 bits per heavy atom. The van der Waals surface area contributed by atoms with Gasteiger partial charge in [-0.15, -0.1) is 0 Å². The van der Waals surface area contributed by atoms with Crippen LogP contribution in [0.1, 0.15) is 65.7 Å². The van der Waals surface area contributed by atoms with Gasteiger partial charge in [0.25, 0.3) is 0 Å². The summed E-state index contributed by atoms with van der Waals surface area (Å²) in [5, 5.41) is 0. The summed E-state index contributed by atoms with van der Waals surface area (Å²) in [5.41, 5.74) is 0. The van der Waals surface area contributed by atoms with E-state index in [-0.39, 0.29) is 0 Å². The minimum absolute atomic E-state index is 1.13. The molecule has 0 aromatic carbocycles. The Morgan fingerprint density at radius 1 is 0.909 bits per heavy atom. The Morgan fingerprint density at radius 2 is 1.27 bits per heavy atom. The predicted molar refractivity (Wildman–Crippen MR) is 52.8 cm³/mol. The van der Waals surface area contributed by atoms with E-state index < -0.39 is 0 Å². The van der Waals surface area contributed by atoms with Gasteiger partial charge in [0.05, 0.1) is 0 Å². The van der Waals surface area contributed by atoms with Crippen molar-refractivity contribution in [2.75, 3.05) is 0 Å². The van der Waals surface area contributed by atoms with Crippen molar-refractivity contribution in [1.82, 2.24) is 0 Å². The molecule has 0 nitrogen and oxygen atoms in total. The van der Waals surface area contributed by atoms with Crippen LogP contribution in [0.25, 0.3) is 0 Å². The van der Waals surface area contributed by atoms with Gasteiger partial charge in [0.15, 0.2) is 0 Å². The molecule has 0 aromatic rings. The average molecular weight is 156 g/mol. The molecule has 0 N–H and O–H groups in total. The van der Waals surface area contributed by atoms with Crippen molar-refractivity contribution < 1.29 is 0 Å². The summed E-state index contributed by atoms with van der Waals surface area (Å²) in [5.74, 6) is 1.13. The molecule has 68 valence electrons. The Bertz CT molecular complexity index is 54.4. The van der Waals surface area contributed by atoms with Crippen molar-refractivity contribution in [1.29, 1.82) is 0 Å². The van der Waals surface area contributed by atoms with Gasteiger partial charge in [-0.25, -0.2) is 0 Å². The van der Waals surface area contributed by atoms with E-state index in [1.165, 1.54) is 44.9 Å². The summed E-state index contributed by atoms with van der Waals surface area (Å²) < 4.78 is 0. The van der Waals surface area contributed by atoms with Gasteiger partial charge >= 0.3 is 0 Å². The zero-order valence-corrected chi connectivity index (χ0v) is 8.53. The molecular weight excluding hydrogens is 132 g/mol. The van der Waals surface area contributed by atoms with Crippen LogP contribution in [0.5, 0.6) is 0 Å². The smallest absolute Gasteiger partial charge is 0.0417 e. The van der Waals surface area contributed by atoms with Crippen molar-refractivity contribution in [2.24, 2.45) is 5.92 Å². The highest BCUT2D eigenvalue weighted by atomic mass is 14.2. The molecule has 0 heteroatoms. The fourth-order valence-corrected chi connectivity index (χ4v) is 0.776. The first-order valence-corrected chi connectivity index (χ1v) is 5.43. The lowest BCUT2D eigenvalue weighted by Crippen LogP contribution is -1.85. The van der Waals surface area contributed by atoms with Gasteiger partial charge in [0, 0.05) is 0 Å². The summed E-state index contributed by atoms with van der Waals surface area (Å²) in [6, 6.07) is 0. The maximum Gasteiger partial charge on any atom is -0.0417 e. The van der Waals surface area contributed by atoms with Crippen molar-refractivity contribution in [3.63, 3.8) is 0 Å². The van der Waals surface area contributed by atoms with Crippen LogP contribution in [0.2, 0.25) is 0 Å². The minimum Gasteiger partial charge on any atom is -0.0683 e. The lowest BCUT2D eigenvalue weighted by Gasteiger charge is -2.05. The highest BCUT2D eigenvalue weighted by Gasteiger charge is 2.17. The first kappa shape index (κ1) is 11.0. The van der Waals surface area contributed by atoms with Gasteiger partial charge in [0.2, 0.25) is 0 Å². The summed E-state index contributed by atoms with van der Waals surface area (Å²) in [6.07, 6.45) is 10.4. The number of hydrogen-bond donors (Lipinski definition) is 0. The van der Waals surface area contributed by atoms with Gasteiger partial charge in [-0.3, -0.25) is 0 Å². The molecule has 0 saturated heterocycles. The first-order valence-electron chi connectivity index (χ1n) is 5.43. The van der Waals surface area contributed by atoms with E-state index in [0.29, 0.717) is 0 Å². The van der Waals surface area contributed by atoms with Gasteiger partial charge < -0.3 is 0 Å². The van der Waals surface area contributed by atoms with Crippen LogP contribution < -0.4 is 0 Å². The molecule has 0 radical (unpaired) electrons. The van der Waals surface area contributed by atoms with E-state index >= 15 is 0 Å². The minimum atomic E-state index is 1.13. The SMILES string of the molecule is C1CCC1.CC.CCC1CC1. The predicted octanol–water partition coefficient (Wildman–Crippen LogP) is 4.39. The lowest BCUT2D eigenvalue weighted by molar-refractivity contribution is 0.504. The van der Waals surface area contributed by atoms with Gasteiger partial charge in [0.1, 0.15) is 0 Å². The largest absolute Gasteiger partial charge is 0.0683 e. The van der Waals surface area contributed by atoms with Crippen LogP contribution >= 0.6 is 0 Å². The van der Waals surface area contributed by atoms with E-state index in [9.17, 15) is 0 Å². The highest BCUT2D eigenvalue weighted by molar-refractivity contribution is 4.69. The molecule has 2 aliphatic rings. The summed E-state index contributed by atoms with van der Waals surface area (Å²) in [6.45, 7) is 6.26. The first-order chi connectivity index (χ1) is 5.43. The molecule has 0 aromatic heterocycles. The molecule has 0 aliphatic heterocycles. The molecule has 2 rings (SSSR count). The summed E-state index contributed by atoms with van der Waals surface area (Å²) >= 11 is 0. The topological polar surface area (TPSA) is 0 Å². The molecule has 0 bridgehead atoms. The third-order valence-electron chi connectivity index (χ3n) is 2.27. The van der Waals surface area contributed by atoms with Crippen LogP contribution in [-0.2, 0) is 0 Å². The molecule has 2 fully saturated rings.